The van der Waals surface area contributed by atoms with Gasteiger partial charge in [-0.1, -0.05) is 26.0 Å². The summed E-state index contributed by atoms with van der Waals surface area (Å²) in [6.07, 6.45) is 3.97. The first-order valence-electron chi connectivity index (χ1n) is 12.3. The second kappa shape index (κ2) is 12.3. The van der Waals surface area contributed by atoms with Gasteiger partial charge in [-0.2, -0.15) is 4.31 Å². The molecule has 0 aromatic heterocycles. The van der Waals surface area contributed by atoms with E-state index in [1.165, 1.54) is 12.1 Å². The summed E-state index contributed by atoms with van der Waals surface area (Å²) in [6.45, 7) is 8.94. The molecule has 11 heteroatoms. The molecule has 2 aliphatic rings. The van der Waals surface area contributed by atoms with E-state index in [0.29, 0.717) is 12.4 Å². The van der Waals surface area contributed by atoms with E-state index < -0.39 is 34.5 Å². The summed E-state index contributed by atoms with van der Waals surface area (Å²) in [6, 6.07) is 7.08. The molecule has 1 aromatic carbocycles. The Morgan fingerprint density at radius 1 is 1.00 bits per heavy atom. The van der Waals surface area contributed by atoms with Crippen LogP contribution in [0.15, 0.2) is 47.6 Å². The minimum absolute atomic E-state index is 0.0260. The molecule has 0 saturated carbocycles. The summed E-state index contributed by atoms with van der Waals surface area (Å²) in [5.74, 6) is -0.757. The third-order valence-electron chi connectivity index (χ3n) is 5.63. The molecular weight excluding hydrogens is 496 g/mol. The molecule has 0 bridgehead atoms. The van der Waals surface area contributed by atoms with Crippen molar-refractivity contribution in [2.75, 3.05) is 19.8 Å². The Hall–Kier alpha value is -3.31. The monoisotopic (exact) mass is 530 g/mol. The van der Waals surface area contributed by atoms with Gasteiger partial charge in [0.15, 0.2) is 0 Å². The van der Waals surface area contributed by atoms with Crippen LogP contribution in [-0.4, -0.2) is 65.0 Å². The van der Waals surface area contributed by atoms with Crippen molar-refractivity contribution in [3.8, 4) is 11.4 Å². The fourth-order valence-corrected chi connectivity index (χ4v) is 5.53. The smallest absolute Gasteiger partial charge is 0.324 e. The summed E-state index contributed by atoms with van der Waals surface area (Å²) in [5.41, 5.74) is 2.46. The lowest BCUT2D eigenvalue weighted by atomic mass is 10.0. The van der Waals surface area contributed by atoms with Crippen molar-refractivity contribution in [2.24, 2.45) is 5.92 Å². The number of benzene rings is 1. The highest BCUT2D eigenvalue weighted by molar-refractivity contribution is 7.89. The van der Waals surface area contributed by atoms with Gasteiger partial charge >= 0.3 is 11.9 Å². The van der Waals surface area contributed by atoms with Crippen LogP contribution in [0.3, 0.4) is 0 Å². The van der Waals surface area contributed by atoms with Crippen molar-refractivity contribution in [3.05, 3.63) is 54.1 Å². The Morgan fingerprint density at radius 2 is 1.65 bits per heavy atom. The third-order valence-corrected chi connectivity index (χ3v) is 7.49. The van der Waals surface area contributed by atoms with Crippen LogP contribution in [0.5, 0.6) is 0 Å². The van der Waals surface area contributed by atoms with Gasteiger partial charge in [0.2, 0.25) is 10.0 Å². The maximum Gasteiger partial charge on any atom is 0.324 e. The average molecular weight is 531 g/mol. The van der Waals surface area contributed by atoms with E-state index in [1.54, 1.807) is 26.0 Å². The molecule has 3 rings (SSSR count). The highest BCUT2D eigenvalue weighted by atomic mass is 32.2. The number of fused-ring (bicyclic) bond motifs is 1. The first-order valence-corrected chi connectivity index (χ1v) is 13.7. The summed E-state index contributed by atoms with van der Waals surface area (Å²) in [5, 5.41) is 0. The number of rotatable bonds is 12. The van der Waals surface area contributed by atoms with E-state index in [2.05, 4.69) is 9.97 Å². The van der Waals surface area contributed by atoms with Crippen LogP contribution in [0.1, 0.15) is 45.5 Å². The zero-order valence-corrected chi connectivity index (χ0v) is 22.7. The summed E-state index contributed by atoms with van der Waals surface area (Å²) in [7, 11) is -4.23. The van der Waals surface area contributed by atoms with E-state index in [1.807, 2.05) is 43.8 Å². The number of hydrogen-bond acceptors (Lipinski definition) is 8. The van der Waals surface area contributed by atoms with Crippen LogP contribution in [0, 0.1) is 12.8 Å². The van der Waals surface area contributed by atoms with Crippen molar-refractivity contribution in [1.29, 1.82) is 0 Å². The van der Waals surface area contributed by atoms with Gasteiger partial charge in [0.25, 0.3) is 0 Å². The molecule has 1 aromatic rings. The number of ether oxygens (including phenoxy) is 2. The highest BCUT2D eigenvalue weighted by Gasteiger charge is 2.39. The molecule has 0 saturated heterocycles. The molecule has 0 N–H and O–H groups in total. The quantitative estimate of drug-likeness (QED) is 0.327. The standard InChI is InChI=1S/C26H34N4O6S/c1-6-35-25(31)17-30(24(14-18(3)4)26(32)36-7-2)37(33,34)21-10-8-20(9-11-21)15-29-13-12-22-23(16-29)28-19(5)27-22/h8-13,16,18,24H,6-7,14-15,17H2,1-5H3/t24-/m0/s1. The van der Waals surface area contributed by atoms with Gasteiger partial charge < -0.3 is 14.0 Å². The lowest BCUT2D eigenvalue weighted by molar-refractivity contribution is -0.150. The van der Waals surface area contributed by atoms with Gasteiger partial charge in [0.1, 0.15) is 24.1 Å². The Balaban J connectivity index is 1.90. The number of hydrogen-bond donors (Lipinski definition) is 0. The number of pyridine rings is 1. The Bertz CT molecular complexity index is 1290. The Labute approximate surface area is 218 Å². The minimum atomic E-state index is -4.23. The number of nitrogens with zero attached hydrogens (tertiary/aromatic N) is 4. The number of imidazole rings is 1. The predicted molar refractivity (Wildman–Crippen MR) is 137 cm³/mol. The second-order valence-electron chi connectivity index (χ2n) is 9.06. The molecule has 0 spiro atoms. The van der Waals surface area contributed by atoms with Gasteiger partial charge in [0.05, 0.1) is 23.8 Å². The molecule has 0 amide bonds. The number of sulfonamides is 1. The molecule has 10 nitrogen and oxygen atoms in total. The van der Waals surface area contributed by atoms with Crippen LogP contribution < -0.4 is 0 Å². The summed E-state index contributed by atoms with van der Waals surface area (Å²) in [4.78, 5) is 33.9. The van der Waals surface area contributed by atoms with Crippen LogP contribution in [0.25, 0.3) is 11.4 Å². The predicted octanol–water partition coefficient (Wildman–Crippen LogP) is 3.27. The lowest BCUT2D eigenvalue weighted by Gasteiger charge is -2.29. The zero-order chi connectivity index (χ0) is 27.2. The highest BCUT2D eigenvalue weighted by Crippen LogP contribution is 2.24. The molecule has 0 unspecified atom stereocenters. The van der Waals surface area contributed by atoms with Gasteiger partial charge in [0, 0.05) is 18.9 Å². The van der Waals surface area contributed by atoms with E-state index in [9.17, 15) is 18.0 Å². The molecule has 0 aliphatic carbocycles. The maximum atomic E-state index is 13.7. The van der Waals surface area contributed by atoms with E-state index >= 15 is 0 Å². The van der Waals surface area contributed by atoms with Crippen molar-refractivity contribution < 1.29 is 27.5 Å². The average Bonchev–Trinajstić information content (AvgIpc) is 3.21. The van der Waals surface area contributed by atoms with Gasteiger partial charge in [-0.05, 0) is 56.9 Å². The summed E-state index contributed by atoms with van der Waals surface area (Å²) >= 11 is 0. The second-order valence-corrected chi connectivity index (χ2v) is 10.9. The molecule has 2 heterocycles. The first kappa shape index (κ1) is 28.3. The Morgan fingerprint density at radius 3 is 2.27 bits per heavy atom. The largest absolute Gasteiger partial charge is 0.465 e. The SMILES string of the molecule is CCOC(=O)CN([C@@H](CC(C)C)C(=O)OCC)S(=O)(=O)c1ccc(Cn2ccc3nc(C)nc-3c2)cc1. The van der Waals surface area contributed by atoms with Crippen LogP contribution >= 0.6 is 0 Å². The number of carbonyl (C=O) groups is 2. The molecule has 0 fully saturated rings. The lowest BCUT2D eigenvalue weighted by Crippen LogP contribution is -2.49. The molecule has 200 valence electrons. The maximum absolute atomic E-state index is 13.7. The van der Waals surface area contributed by atoms with Crippen molar-refractivity contribution in [3.63, 3.8) is 0 Å². The van der Waals surface area contributed by atoms with E-state index in [0.717, 1.165) is 21.3 Å². The minimum Gasteiger partial charge on any atom is -0.465 e. The van der Waals surface area contributed by atoms with Gasteiger partial charge in [-0.25, -0.2) is 18.4 Å². The topological polar surface area (TPSA) is 121 Å². The number of carbonyl (C=O) groups excluding carboxylic acids is 2. The van der Waals surface area contributed by atoms with Gasteiger partial charge in [-0.3, -0.25) is 9.59 Å². The van der Waals surface area contributed by atoms with E-state index in [-0.39, 0.29) is 30.4 Å². The Kier molecular flexibility index (Phi) is 9.39. The normalized spacial score (nSPS) is 12.7. The molecule has 37 heavy (non-hydrogen) atoms. The molecule has 2 aliphatic heterocycles. The fourth-order valence-electron chi connectivity index (χ4n) is 4.00. The van der Waals surface area contributed by atoms with Crippen LogP contribution in [0.2, 0.25) is 0 Å². The summed E-state index contributed by atoms with van der Waals surface area (Å²) < 4.78 is 40.4. The first-order chi connectivity index (χ1) is 17.5. The van der Waals surface area contributed by atoms with E-state index in [4.69, 9.17) is 9.47 Å². The number of aryl methyl sites for hydroxylation is 1. The fraction of sp³-hybridized carbons (Fsp3) is 0.462. The van der Waals surface area contributed by atoms with Gasteiger partial charge in [-0.15, -0.1) is 0 Å². The molecule has 1 atom stereocenters. The zero-order valence-electron chi connectivity index (χ0n) is 21.9. The van der Waals surface area contributed by atoms with Crippen molar-refractivity contribution in [1.82, 2.24) is 18.8 Å². The molecule has 0 radical (unpaired) electrons. The van der Waals surface area contributed by atoms with Crippen molar-refractivity contribution >= 4 is 22.0 Å². The van der Waals surface area contributed by atoms with Crippen LogP contribution in [0.4, 0.5) is 0 Å². The number of aromatic nitrogens is 3. The number of esters is 2. The molecular formula is C26H34N4O6S. The van der Waals surface area contributed by atoms with Crippen LogP contribution in [-0.2, 0) is 35.6 Å². The third kappa shape index (κ3) is 7.14. The van der Waals surface area contributed by atoms with Crippen molar-refractivity contribution in [2.45, 2.75) is 58.5 Å².